The van der Waals surface area contributed by atoms with Crippen molar-refractivity contribution in [2.45, 2.75) is 26.3 Å². The second kappa shape index (κ2) is 8.65. The summed E-state index contributed by atoms with van der Waals surface area (Å²) in [7, 11) is 0. The number of carbonyl (C=O) groups is 3. The van der Waals surface area contributed by atoms with E-state index < -0.39 is 11.8 Å². The molecule has 0 atom stereocenters. The average molecular weight is 405 g/mol. The fourth-order valence-electron chi connectivity index (χ4n) is 2.70. The predicted octanol–water partition coefficient (Wildman–Crippen LogP) is 4.31. The highest BCUT2D eigenvalue weighted by atomic mass is 16.3. The number of hydrogen-bond acceptors (Lipinski definition) is 4. The summed E-state index contributed by atoms with van der Waals surface area (Å²) in [6, 6.07) is 16.4. The molecule has 7 heteroatoms. The van der Waals surface area contributed by atoms with Crippen LogP contribution in [0, 0.1) is 0 Å². The van der Waals surface area contributed by atoms with E-state index in [1.165, 1.54) is 12.3 Å². The van der Waals surface area contributed by atoms with Gasteiger partial charge in [0.05, 0.1) is 17.5 Å². The SMILES string of the molecule is CC(C)(C)NC(=O)c1ccc(NC(=O)c2ccccc2NC(=O)c2ccco2)cc1. The molecule has 0 aliphatic heterocycles. The van der Waals surface area contributed by atoms with Crippen LogP contribution in [-0.4, -0.2) is 23.3 Å². The van der Waals surface area contributed by atoms with Crippen molar-refractivity contribution in [1.82, 2.24) is 5.32 Å². The molecule has 0 saturated carbocycles. The summed E-state index contributed by atoms with van der Waals surface area (Å²) in [6.07, 6.45) is 1.40. The lowest BCUT2D eigenvalue weighted by molar-refractivity contribution is 0.0918. The fourth-order valence-corrected chi connectivity index (χ4v) is 2.70. The van der Waals surface area contributed by atoms with Crippen molar-refractivity contribution in [1.29, 1.82) is 0 Å². The van der Waals surface area contributed by atoms with Crippen LogP contribution in [-0.2, 0) is 0 Å². The quantitative estimate of drug-likeness (QED) is 0.589. The first kappa shape index (κ1) is 20.9. The van der Waals surface area contributed by atoms with Crippen LogP contribution in [0.4, 0.5) is 11.4 Å². The maximum absolute atomic E-state index is 12.7. The number of para-hydroxylation sites is 1. The van der Waals surface area contributed by atoms with Crippen LogP contribution in [0.25, 0.3) is 0 Å². The predicted molar refractivity (Wildman–Crippen MR) is 115 cm³/mol. The number of amides is 3. The number of benzene rings is 2. The van der Waals surface area contributed by atoms with E-state index in [1.807, 2.05) is 20.8 Å². The summed E-state index contributed by atoms with van der Waals surface area (Å²) < 4.78 is 5.08. The first-order valence-corrected chi connectivity index (χ1v) is 9.41. The van der Waals surface area contributed by atoms with Gasteiger partial charge in [-0.3, -0.25) is 14.4 Å². The van der Waals surface area contributed by atoms with Crippen LogP contribution >= 0.6 is 0 Å². The third-order valence-electron chi connectivity index (χ3n) is 4.06. The monoisotopic (exact) mass is 405 g/mol. The molecule has 0 aliphatic carbocycles. The first-order valence-electron chi connectivity index (χ1n) is 9.41. The molecule has 0 radical (unpaired) electrons. The van der Waals surface area contributed by atoms with Crippen LogP contribution in [0.5, 0.6) is 0 Å². The highest BCUT2D eigenvalue weighted by Gasteiger charge is 2.17. The molecule has 1 aromatic heterocycles. The number of anilines is 2. The van der Waals surface area contributed by atoms with E-state index in [0.717, 1.165) is 0 Å². The van der Waals surface area contributed by atoms with Gasteiger partial charge in [-0.25, -0.2) is 0 Å². The van der Waals surface area contributed by atoms with E-state index in [-0.39, 0.29) is 17.2 Å². The molecule has 7 nitrogen and oxygen atoms in total. The minimum Gasteiger partial charge on any atom is -0.459 e. The van der Waals surface area contributed by atoms with Gasteiger partial charge in [-0.1, -0.05) is 12.1 Å². The van der Waals surface area contributed by atoms with E-state index in [1.54, 1.807) is 54.6 Å². The summed E-state index contributed by atoms with van der Waals surface area (Å²) in [5, 5.41) is 8.34. The van der Waals surface area contributed by atoms with Gasteiger partial charge in [0, 0.05) is 16.8 Å². The number of rotatable bonds is 5. The summed E-state index contributed by atoms with van der Waals surface area (Å²) >= 11 is 0. The van der Waals surface area contributed by atoms with E-state index in [9.17, 15) is 14.4 Å². The standard InChI is InChI=1S/C23H23N3O4/c1-23(2,3)26-20(27)15-10-12-16(13-11-15)24-21(28)17-7-4-5-8-18(17)25-22(29)19-9-6-14-30-19/h4-14H,1-3H3,(H,24,28)(H,25,29)(H,26,27). The smallest absolute Gasteiger partial charge is 0.291 e. The Hall–Kier alpha value is -3.87. The normalized spacial score (nSPS) is 10.9. The molecule has 0 aliphatic rings. The molecule has 0 bridgehead atoms. The lowest BCUT2D eigenvalue weighted by Gasteiger charge is -2.20. The molecule has 3 aromatic rings. The maximum Gasteiger partial charge on any atom is 0.291 e. The first-order chi connectivity index (χ1) is 14.2. The number of hydrogen-bond donors (Lipinski definition) is 3. The van der Waals surface area contributed by atoms with Crippen molar-refractivity contribution >= 4 is 29.1 Å². The fraction of sp³-hybridized carbons (Fsp3) is 0.174. The lowest BCUT2D eigenvalue weighted by atomic mass is 10.1. The second-order valence-electron chi connectivity index (χ2n) is 7.71. The minimum atomic E-state index is -0.450. The zero-order valence-electron chi connectivity index (χ0n) is 17.0. The van der Waals surface area contributed by atoms with Gasteiger partial charge in [0.25, 0.3) is 17.7 Å². The van der Waals surface area contributed by atoms with E-state index in [4.69, 9.17) is 4.42 Å². The Kier molecular flexibility index (Phi) is 6.01. The molecule has 0 unspecified atom stereocenters. The zero-order valence-corrected chi connectivity index (χ0v) is 17.0. The molecule has 30 heavy (non-hydrogen) atoms. The van der Waals surface area contributed by atoms with Crippen molar-refractivity contribution in [3.05, 3.63) is 83.8 Å². The highest BCUT2D eigenvalue weighted by molar-refractivity contribution is 6.12. The Morgan fingerprint density at radius 3 is 2.10 bits per heavy atom. The Morgan fingerprint density at radius 2 is 1.47 bits per heavy atom. The van der Waals surface area contributed by atoms with Gasteiger partial charge < -0.3 is 20.4 Å². The molecule has 1 heterocycles. The van der Waals surface area contributed by atoms with Crippen molar-refractivity contribution in [3.63, 3.8) is 0 Å². The molecular formula is C23H23N3O4. The number of carbonyl (C=O) groups excluding carboxylic acids is 3. The van der Waals surface area contributed by atoms with E-state index in [0.29, 0.717) is 22.5 Å². The minimum absolute atomic E-state index is 0.148. The van der Waals surface area contributed by atoms with Crippen LogP contribution in [0.1, 0.15) is 52.0 Å². The van der Waals surface area contributed by atoms with Crippen LogP contribution in [0.3, 0.4) is 0 Å². The third-order valence-corrected chi connectivity index (χ3v) is 4.06. The van der Waals surface area contributed by atoms with Gasteiger partial charge in [-0.15, -0.1) is 0 Å². The van der Waals surface area contributed by atoms with Gasteiger partial charge in [0.15, 0.2) is 5.76 Å². The van der Waals surface area contributed by atoms with Crippen LogP contribution in [0.2, 0.25) is 0 Å². The van der Waals surface area contributed by atoms with Crippen molar-refractivity contribution in [3.8, 4) is 0 Å². The summed E-state index contributed by atoms with van der Waals surface area (Å²) in [5.74, 6) is -0.882. The molecule has 2 aromatic carbocycles. The molecule has 3 rings (SSSR count). The Balaban J connectivity index is 1.70. The molecule has 3 amide bonds. The summed E-state index contributed by atoms with van der Waals surface area (Å²) in [5.41, 5.74) is 1.34. The molecule has 0 saturated heterocycles. The number of furan rings is 1. The van der Waals surface area contributed by atoms with Gasteiger partial charge in [-0.05, 0) is 69.3 Å². The Labute approximate surface area is 174 Å². The van der Waals surface area contributed by atoms with Crippen LogP contribution < -0.4 is 16.0 Å². The second-order valence-corrected chi connectivity index (χ2v) is 7.71. The van der Waals surface area contributed by atoms with Crippen LogP contribution in [0.15, 0.2) is 71.3 Å². The van der Waals surface area contributed by atoms with E-state index >= 15 is 0 Å². The largest absolute Gasteiger partial charge is 0.459 e. The molecular weight excluding hydrogens is 382 g/mol. The third kappa shape index (κ3) is 5.35. The van der Waals surface area contributed by atoms with Gasteiger partial charge in [0.2, 0.25) is 0 Å². The van der Waals surface area contributed by atoms with Crippen molar-refractivity contribution in [2.24, 2.45) is 0 Å². The molecule has 0 fully saturated rings. The molecule has 0 spiro atoms. The lowest BCUT2D eigenvalue weighted by Crippen LogP contribution is -2.40. The van der Waals surface area contributed by atoms with Crippen molar-refractivity contribution < 1.29 is 18.8 Å². The summed E-state index contributed by atoms with van der Waals surface area (Å²) in [6.45, 7) is 5.71. The van der Waals surface area contributed by atoms with Crippen molar-refractivity contribution in [2.75, 3.05) is 10.6 Å². The maximum atomic E-state index is 12.7. The van der Waals surface area contributed by atoms with Gasteiger partial charge >= 0.3 is 0 Å². The zero-order chi connectivity index (χ0) is 21.7. The van der Waals surface area contributed by atoms with Gasteiger partial charge in [-0.2, -0.15) is 0 Å². The highest BCUT2D eigenvalue weighted by Crippen LogP contribution is 2.19. The van der Waals surface area contributed by atoms with Gasteiger partial charge in [0.1, 0.15) is 0 Å². The topological polar surface area (TPSA) is 100 Å². The average Bonchev–Trinajstić information content (AvgIpc) is 3.22. The summed E-state index contributed by atoms with van der Waals surface area (Å²) in [4.78, 5) is 37.2. The number of nitrogens with one attached hydrogen (secondary N) is 3. The molecule has 3 N–H and O–H groups in total. The molecule has 154 valence electrons. The Bertz CT molecular complexity index is 1050. The Morgan fingerprint density at radius 1 is 0.767 bits per heavy atom. The van der Waals surface area contributed by atoms with E-state index in [2.05, 4.69) is 16.0 Å².